The third kappa shape index (κ3) is 5.80. The van der Waals surface area contributed by atoms with Gasteiger partial charge in [-0.1, -0.05) is 35.9 Å². The van der Waals surface area contributed by atoms with Gasteiger partial charge < -0.3 is 9.47 Å². The van der Waals surface area contributed by atoms with Crippen molar-refractivity contribution >= 4 is 29.4 Å². The van der Waals surface area contributed by atoms with E-state index >= 15 is 0 Å². The Morgan fingerprint density at radius 1 is 1.13 bits per heavy atom. The number of para-hydroxylation sites is 1. The molecule has 0 radical (unpaired) electrons. The highest BCUT2D eigenvalue weighted by atomic mass is 35.5. The molecule has 0 saturated carbocycles. The molecule has 0 aromatic heterocycles. The van der Waals surface area contributed by atoms with E-state index in [1.807, 2.05) is 24.3 Å². The highest BCUT2D eigenvalue weighted by Gasteiger charge is 2.17. The van der Waals surface area contributed by atoms with Crippen LogP contribution >= 0.6 is 11.6 Å². The number of ether oxygens (including phenoxy) is 2. The van der Waals surface area contributed by atoms with E-state index in [9.17, 15) is 14.9 Å². The Morgan fingerprint density at radius 2 is 1.94 bits per heavy atom. The zero-order valence-corrected chi connectivity index (χ0v) is 17.2. The number of nitro groups is 1. The summed E-state index contributed by atoms with van der Waals surface area (Å²) in [5.74, 6) is 0.117. The number of methoxy groups -OCH3 is 1. The first-order chi connectivity index (χ1) is 15.0. The summed E-state index contributed by atoms with van der Waals surface area (Å²) in [5, 5.41) is 15.5. The van der Waals surface area contributed by atoms with E-state index in [1.54, 1.807) is 24.3 Å². The van der Waals surface area contributed by atoms with Gasteiger partial charge >= 0.3 is 0 Å². The zero-order chi connectivity index (χ0) is 22.2. The van der Waals surface area contributed by atoms with Gasteiger partial charge in [-0.15, -0.1) is 0 Å². The van der Waals surface area contributed by atoms with Gasteiger partial charge in [0.15, 0.2) is 0 Å². The number of carbonyl (C=O) groups is 1. The van der Waals surface area contributed by atoms with E-state index in [1.165, 1.54) is 25.5 Å². The lowest BCUT2D eigenvalue weighted by atomic mass is 10.1. The van der Waals surface area contributed by atoms with E-state index in [2.05, 4.69) is 10.5 Å². The molecule has 3 aromatic rings. The van der Waals surface area contributed by atoms with Crippen LogP contribution in [0.4, 0.5) is 5.69 Å². The summed E-state index contributed by atoms with van der Waals surface area (Å²) < 4.78 is 10.9. The zero-order valence-electron chi connectivity index (χ0n) is 16.4. The summed E-state index contributed by atoms with van der Waals surface area (Å²) in [5.41, 5.74) is 3.67. The van der Waals surface area contributed by atoms with Crippen LogP contribution in [0.15, 0.2) is 71.8 Å². The van der Waals surface area contributed by atoms with Gasteiger partial charge in [0.2, 0.25) is 0 Å². The third-order valence-electron chi connectivity index (χ3n) is 4.21. The Hall–Kier alpha value is -3.91. The van der Waals surface area contributed by atoms with Crippen molar-refractivity contribution in [3.8, 4) is 11.5 Å². The summed E-state index contributed by atoms with van der Waals surface area (Å²) in [7, 11) is 1.37. The monoisotopic (exact) mass is 439 g/mol. The van der Waals surface area contributed by atoms with Gasteiger partial charge in [-0.25, -0.2) is 5.43 Å². The number of amides is 1. The molecule has 0 aliphatic carbocycles. The maximum absolute atomic E-state index is 12.4. The first-order valence-electron chi connectivity index (χ1n) is 9.10. The fourth-order valence-corrected chi connectivity index (χ4v) is 2.93. The number of hydrazone groups is 1. The molecule has 0 aliphatic rings. The van der Waals surface area contributed by atoms with Crippen LogP contribution in [0.5, 0.6) is 11.5 Å². The number of hydrogen-bond donors (Lipinski definition) is 1. The number of carbonyl (C=O) groups excluding carboxylic acids is 1. The fourth-order valence-electron chi connectivity index (χ4n) is 2.71. The minimum absolute atomic E-state index is 0.000610. The van der Waals surface area contributed by atoms with Crippen LogP contribution in [-0.2, 0) is 6.61 Å². The number of rotatable bonds is 8. The number of benzene rings is 3. The van der Waals surface area contributed by atoms with E-state index < -0.39 is 10.8 Å². The minimum atomic E-state index is -0.644. The van der Waals surface area contributed by atoms with Crippen LogP contribution in [0.2, 0.25) is 5.02 Å². The summed E-state index contributed by atoms with van der Waals surface area (Å²) in [6, 6.07) is 18.2. The normalized spacial score (nSPS) is 10.6. The number of halogens is 1. The molecule has 0 heterocycles. The number of nitrogens with one attached hydrogen (secondary N) is 1. The molecule has 0 aliphatic heterocycles. The second-order valence-electron chi connectivity index (χ2n) is 6.30. The molecule has 158 valence electrons. The SMILES string of the molecule is COc1ccc([N+](=O)[O-])cc1C(=O)N/N=C\c1ccccc1OCc1cccc(Cl)c1. The van der Waals surface area contributed by atoms with Crippen LogP contribution in [0.25, 0.3) is 0 Å². The van der Waals surface area contributed by atoms with Crippen LogP contribution in [0.3, 0.4) is 0 Å². The van der Waals surface area contributed by atoms with Crippen LogP contribution < -0.4 is 14.9 Å². The van der Waals surface area contributed by atoms with E-state index in [0.29, 0.717) is 22.9 Å². The van der Waals surface area contributed by atoms with Crippen molar-refractivity contribution in [1.29, 1.82) is 0 Å². The third-order valence-corrected chi connectivity index (χ3v) is 4.45. The summed E-state index contributed by atoms with van der Waals surface area (Å²) >= 11 is 5.99. The molecule has 8 nitrogen and oxygen atoms in total. The summed E-state index contributed by atoms with van der Waals surface area (Å²) in [6.07, 6.45) is 1.43. The smallest absolute Gasteiger partial charge is 0.275 e. The molecule has 3 rings (SSSR count). The number of nitro benzene ring substituents is 1. The van der Waals surface area contributed by atoms with Gasteiger partial charge in [-0.05, 0) is 35.9 Å². The molecule has 0 spiro atoms. The number of nitrogens with zero attached hydrogens (tertiary/aromatic N) is 2. The van der Waals surface area contributed by atoms with Crippen molar-refractivity contribution in [3.05, 3.63) is 98.6 Å². The Bertz CT molecular complexity index is 1130. The Morgan fingerprint density at radius 3 is 2.68 bits per heavy atom. The predicted octanol–water partition coefficient (Wildman–Crippen LogP) is 4.60. The second kappa shape index (κ2) is 10.2. The maximum atomic E-state index is 12.4. The standard InChI is InChI=1S/C22H18ClN3O5/c1-30-21-10-9-18(26(28)29)12-19(21)22(27)25-24-13-16-6-2-3-8-20(16)31-14-15-5-4-7-17(23)11-15/h2-13H,14H2,1H3,(H,25,27)/b24-13-. The maximum Gasteiger partial charge on any atom is 0.275 e. The molecule has 0 fully saturated rings. The van der Waals surface area contributed by atoms with E-state index in [-0.39, 0.29) is 17.0 Å². The molecule has 1 N–H and O–H groups in total. The minimum Gasteiger partial charge on any atom is -0.496 e. The quantitative estimate of drug-likeness (QED) is 0.314. The highest BCUT2D eigenvalue weighted by molar-refractivity contribution is 6.30. The van der Waals surface area contributed by atoms with Crippen molar-refractivity contribution in [2.75, 3.05) is 7.11 Å². The van der Waals surface area contributed by atoms with E-state index in [0.717, 1.165) is 11.6 Å². The van der Waals surface area contributed by atoms with Crippen molar-refractivity contribution < 1.29 is 19.2 Å². The van der Waals surface area contributed by atoms with Gasteiger partial charge in [0.05, 0.1) is 23.8 Å². The lowest BCUT2D eigenvalue weighted by Gasteiger charge is -2.09. The highest BCUT2D eigenvalue weighted by Crippen LogP contribution is 2.24. The van der Waals surface area contributed by atoms with Crippen LogP contribution in [0.1, 0.15) is 21.5 Å². The van der Waals surface area contributed by atoms with E-state index in [4.69, 9.17) is 21.1 Å². The Kier molecular flexibility index (Phi) is 7.18. The first-order valence-corrected chi connectivity index (χ1v) is 9.48. The topological polar surface area (TPSA) is 103 Å². The van der Waals surface area contributed by atoms with Gasteiger partial charge in [0, 0.05) is 22.7 Å². The van der Waals surface area contributed by atoms with Gasteiger partial charge in [-0.3, -0.25) is 14.9 Å². The summed E-state index contributed by atoms with van der Waals surface area (Å²) in [6.45, 7) is 0.308. The van der Waals surface area contributed by atoms with Crippen molar-refractivity contribution in [2.45, 2.75) is 6.61 Å². The molecule has 1 amide bonds. The van der Waals surface area contributed by atoms with Crippen LogP contribution in [0, 0.1) is 10.1 Å². The van der Waals surface area contributed by atoms with Crippen LogP contribution in [-0.4, -0.2) is 24.2 Å². The average Bonchev–Trinajstić information content (AvgIpc) is 2.78. The number of hydrogen-bond acceptors (Lipinski definition) is 6. The van der Waals surface area contributed by atoms with Gasteiger partial charge in [-0.2, -0.15) is 5.10 Å². The lowest BCUT2D eigenvalue weighted by molar-refractivity contribution is -0.384. The average molecular weight is 440 g/mol. The molecule has 0 atom stereocenters. The first kappa shape index (κ1) is 21.8. The largest absolute Gasteiger partial charge is 0.496 e. The Labute approximate surface area is 183 Å². The Balaban J connectivity index is 1.71. The molecule has 31 heavy (non-hydrogen) atoms. The van der Waals surface area contributed by atoms with Crippen molar-refractivity contribution in [2.24, 2.45) is 5.10 Å². The summed E-state index contributed by atoms with van der Waals surface area (Å²) in [4.78, 5) is 22.8. The lowest BCUT2D eigenvalue weighted by Crippen LogP contribution is -2.18. The second-order valence-corrected chi connectivity index (χ2v) is 6.73. The predicted molar refractivity (Wildman–Crippen MR) is 117 cm³/mol. The van der Waals surface area contributed by atoms with Crippen molar-refractivity contribution in [3.63, 3.8) is 0 Å². The molecular weight excluding hydrogens is 422 g/mol. The van der Waals surface area contributed by atoms with Crippen molar-refractivity contribution in [1.82, 2.24) is 5.43 Å². The fraction of sp³-hybridized carbons (Fsp3) is 0.0909. The molecule has 9 heteroatoms. The van der Waals surface area contributed by atoms with Gasteiger partial charge in [0.25, 0.3) is 11.6 Å². The van der Waals surface area contributed by atoms with Gasteiger partial charge in [0.1, 0.15) is 18.1 Å². The molecule has 0 unspecified atom stereocenters. The molecule has 3 aromatic carbocycles. The molecule has 0 bridgehead atoms. The molecular formula is C22H18ClN3O5. The molecule has 0 saturated heterocycles. The number of non-ortho nitro benzene ring substituents is 1.